The Morgan fingerprint density at radius 3 is 2.40 bits per heavy atom. The number of benzene rings is 1. The number of carbonyl (C=O) groups is 2. The van der Waals surface area contributed by atoms with Crippen molar-refractivity contribution >= 4 is 11.8 Å². The quantitative estimate of drug-likeness (QED) is 0.363. The second kappa shape index (κ2) is 11.1. The van der Waals surface area contributed by atoms with Gasteiger partial charge in [-0.05, 0) is 37.3 Å². The lowest BCUT2D eigenvalue weighted by Gasteiger charge is -2.50. The van der Waals surface area contributed by atoms with Crippen LogP contribution in [0, 0.1) is 30.6 Å². The van der Waals surface area contributed by atoms with E-state index < -0.39 is 0 Å². The van der Waals surface area contributed by atoms with Gasteiger partial charge in [0.05, 0.1) is 29.9 Å². The minimum Gasteiger partial charge on any atom is -0.341 e. The maximum absolute atomic E-state index is 13.5. The van der Waals surface area contributed by atoms with Gasteiger partial charge in [-0.2, -0.15) is 15.2 Å². The van der Waals surface area contributed by atoms with Crippen molar-refractivity contribution in [1.29, 1.82) is 0 Å². The minimum atomic E-state index is -0.251. The molecule has 1 spiro atoms. The molecule has 5 heterocycles. The monoisotopic (exact) mass is 584 g/mol. The lowest BCUT2D eigenvalue weighted by atomic mass is 9.71. The zero-order chi connectivity index (χ0) is 30.4. The third-order valence-corrected chi connectivity index (χ3v) is 9.07. The number of H-pyrrole nitrogens is 1. The summed E-state index contributed by atoms with van der Waals surface area (Å²) >= 11 is 0. The van der Waals surface area contributed by atoms with E-state index in [1.54, 1.807) is 10.9 Å². The zero-order valence-electron chi connectivity index (χ0n) is 25.6. The first-order chi connectivity index (χ1) is 20.6. The standard InChI is InChI=1S/C27H32N6O3.C5H8N2/c1-4-22-29-23(30-36-22)21-14-31(15-27(21)16-32(17-27)25(35)20-10-26(20,2)3)24(34)19-11-28-33(13-19)12-18-8-6-5-7-9-18;1-4-3-5(2)7-6-4/h5-9,11,13,20-21H,4,10,12,14-17H2,1-3H3;3H,1-2H3,(H,6,7). The number of amides is 2. The fourth-order valence-electron chi connectivity index (χ4n) is 6.40. The van der Waals surface area contributed by atoms with Gasteiger partial charge in [0.15, 0.2) is 5.82 Å². The molecule has 2 saturated heterocycles. The Bertz CT molecular complexity index is 1580. The van der Waals surface area contributed by atoms with E-state index in [2.05, 4.69) is 39.3 Å². The van der Waals surface area contributed by atoms with Crippen molar-refractivity contribution in [3.8, 4) is 0 Å². The molecule has 2 atom stereocenters. The maximum Gasteiger partial charge on any atom is 0.257 e. The van der Waals surface area contributed by atoms with Crippen LogP contribution in [0.25, 0.3) is 0 Å². The van der Waals surface area contributed by atoms with E-state index in [-0.39, 0.29) is 34.5 Å². The Labute approximate surface area is 251 Å². The summed E-state index contributed by atoms with van der Waals surface area (Å²) in [6.45, 7) is 13.1. The van der Waals surface area contributed by atoms with Crippen LogP contribution in [0.4, 0.5) is 0 Å². The highest BCUT2D eigenvalue weighted by Gasteiger charge is 2.61. The molecule has 0 radical (unpaired) electrons. The molecule has 3 aliphatic rings. The predicted octanol–water partition coefficient (Wildman–Crippen LogP) is 4.02. The molecule has 11 nitrogen and oxygen atoms in total. The van der Waals surface area contributed by atoms with Gasteiger partial charge >= 0.3 is 0 Å². The molecule has 11 heteroatoms. The summed E-state index contributed by atoms with van der Waals surface area (Å²) in [6, 6.07) is 12.1. The lowest BCUT2D eigenvalue weighted by molar-refractivity contribution is -0.145. The molecule has 2 aliphatic heterocycles. The molecule has 4 aromatic rings. The molecule has 43 heavy (non-hydrogen) atoms. The summed E-state index contributed by atoms with van der Waals surface area (Å²) in [6.07, 6.45) is 5.06. The van der Waals surface area contributed by atoms with Crippen molar-refractivity contribution in [3.05, 3.63) is 83.0 Å². The largest absolute Gasteiger partial charge is 0.341 e. The molecule has 3 aromatic heterocycles. The van der Waals surface area contributed by atoms with Crippen LogP contribution in [-0.4, -0.2) is 77.9 Å². The molecule has 1 saturated carbocycles. The molecule has 0 bridgehead atoms. The fourth-order valence-corrected chi connectivity index (χ4v) is 6.40. The average molecular weight is 585 g/mol. The molecule has 2 amide bonds. The number of hydrogen-bond acceptors (Lipinski definition) is 7. The Morgan fingerprint density at radius 1 is 1.09 bits per heavy atom. The first kappa shape index (κ1) is 28.8. The minimum absolute atomic E-state index is 0.0523. The fraction of sp³-hybridized carbons (Fsp3) is 0.500. The van der Waals surface area contributed by atoms with Gasteiger partial charge in [0.1, 0.15) is 0 Å². The Morgan fingerprint density at radius 2 is 1.81 bits per heavy atom. The van der Waals surface area contributed by atoms with Crippen LogP contribution in [0.5, 0.6) is 0 Å². The van der Waals surface area contributed by atoms with Crippen LogP contribution in [-0.2, 0) is 17.8 Å². The van der Waals surface area contributed by atoms with Gasteiger partial charge in [-0.25, -0.2) is 0 Å². The highest BCUT2D eigenvalue weighted by Crippen LogP contribution is 2.55. The van der Waals surface area contributed by atoms with Crippen LogP contribution in [0.15, 0.2) is 53.3 Å². The number of aromatic amines is 1. The van der Waals surface area contributed by atoms with Gasteiger partial charge in [0.25, 0.3) is 5.91 Å². The smallest absolute Gasteiger partial charge is 0.257 e. The van der Waals surface area contributed by atoms with Crippen molar-refractivity contribution < 1.29 is 14.1 Å². The van der Waals surface area contributed by atoms with Crippen LogP contribution in [0.1, 0.15) is 72.1 Å². The SMILES string of the molecule is CCc1nc(C2CN(C(=O)c3cnn(Cc4ccccc4)c3)CC23CN(C(=O)C2CC2(C)C)C3)no1.Cc1cc(C)[nH]n1. The number of aryl methyl sites for hydroxylation is 3. The number of rotatable bonds is 6. The van der Waals surface area contributed by atoms with Crippen molar-refractivity contribution in [2.45, 2.75) is 59.9 Å². The molecule has 2 unspecified atom stereocenters. The summed E-state index contributed by atoms with van der Waals surface area (Å²) in [5.41, 5.74) is 3.72. The van der Waals surface area contributed by atoms with Crippen LogP contribution < -0.4 is 0 Å². The van der Waals surface area contributed by atoms with E-state index in [1.807, 2.05) is 73.2 Å². The summed E-state index contributed by atoms with van der Waals surface area (Å²) in [5, 5.41) is 15.4. The van der Waals surface area contributed by atoms with Crippen LogP contribution in [0.3, 0.4) is 0 Å². The first-order valence-electron chi connectivity index (χ1n) is 15.0. The number of carbonyl (C=O) groups excluding carboxylic acids is 2. The highest BCUT2D eigenvalue weighted by atomic mass is 16.5. The number of nitrogens with zero attached hydrogens (tertiary/aromatic N) is 7. The normalized spacial score (nSPS) is 21.3. The van der Waals surface area contributed by atoms with Gasteiger partial charge < -0.3 is 14.3 Å². The van der Waals surface area contributed by atoms with Gasteiger partial charge in [-0.15, -0.1) is 0 Å². The maximum atomic E-state index is 13.5. The topological polar surface area (TPSA) is 126 Å². The van der Waals surface area contributed by atoms with Gasteiger partial charge in [-0.3, -0.25) is 19.4 Å². The molecule has 7 rings (SSSR count). The zero-order valence-corrected chi connectivity index (χ0v) is 25.6. The Balaban J connectivity index is 0.000000415. The second-order valence-corrected chi connectivity index (χ2v) is 13.0. The van der Waals surface area contributed by atoms with E-state index in [4.69, 9.17) is 4.52 Å². The third kappa shape index (κ3) is 5.85. The third-order valence-electron chi connectivity index (χ3n) is 9.07. The number of hydrogen-bond donors (Lipinski definition) is 1. The molecule has 226 valence electrons. The lowest BCUT2D eigenvalue weighted by Crippen LogP contribution is -2.62. The van der Waals surface area contributed by atoms with Gasteiger partial charge in [0, 0.05) is 55.8 Å². The summed E-state index contributed by atoms with van der Waals surface area (Å²) < 4.78 is 7.21. The Kier molecular flexibility index (Phi) is 7.43. The van der Waals surface area contributed by atoms with Gasteiger partial charge in [-0.1, -0.05) is 56.3 Å². The average Bonchev–Trinajstić information content (AvgIpc) is 3.56. The van der Waals surface area contributed by atoms with Crippen molar-refractivity contribution in [2.24, 2.45) is 16.7 Å². The number of nitrogens with one attached hydrogen (secondary N) is 1. The predicted molar refractivity (Wildman–Crippen MR) is 159 cm³/mol. The van der Waals surface area contributed by atoms with Crippen LogP contribution >= 0.6 is 0 Å². The van der Waals surface area contributed by atoms with Crippen molar-refractivity contribution in [1.82, 2.24) is 39.9 Å². The molecule has 3 fully saturated rings. The molecule has 1 N–H and O–H groups in total. The van der Waals surface area contributed by atoms with Gasteiger partial charge in [0.2, 0.25) is 11.8 Å². The first-order valence-corrected chi connectivity index (χ1v) is 15.0. The highest BCUT2D eigenvalue weighted by molar-refractivity contribution is 5.94. The van der Waals surface area contributed by atoms with E-state index >= 15 is 0 Å². The molecule has 1 aromatic carbocycles. The summed E-state index contributed by atoms with van der Waals surface area (Å²) in [5.74, 6) is 1.46. The summed E-state index contributed by atoms with van der Waals surface area (Å²) in [4.78, 5) is 35.0. The Hall–Kier alpha value is -4.28. The second-order valence-electron chi connectivity index (χ2n) is 13.0. The van der Waals surface area contributed by atoms with Crippen molar-refractivity contribution in [2.75, 3.05) is 26.2 Å². The molecule has 1 aliphatic carbocycles. The van der Waals surface area contributed by atoms with E-state index in [1.165, 1.54) is 0 Å². The van der Waals surface area contributed by atoms with E-state index in [0.717, 1.165) is 23.4 Å². The van der Waals surface area contributed by atoms with E-state index in [0.29, 0.717) is 56.4 Å². The number of likely N-dealkylation sites (tertiary alicyclic amines) is 2. The van der Waals surface area contributed by atoms with E-state index in [9.17, 15) is 9.59 Å². The number of aromatic nitrogens is 6. The summed E-state index contributed by atoms with van der Waals surface area (Å²) in [7, 11) is 0. The van der Waals surface area contributed by atoms with Crippen molar-refractivity contribution in [3.63, 3.8) is 0 Å². The molecular formula is C32H40N8O3. The molecular weight excluding hydrogens is 544 g/mol. The van der Waals surface area contributed by atoms with Crippen LogP contribution in [0.2, 0.25) is 0 Å².